The van der Waals surface area contributed by atoms with Crippen LogP contribution in [0.15, 0.2) is 22.7 Å². The van der Waals surface area contributed by atoms with E-state index in [1.807, 2.05) is 0 Å². The van der Waals surface area contributed by atoms with Gasteiger partial charge in [0, 0.05) is 17.1 Å². The molecule has 0 aliphatic heterocycles. The fourth-order valence-corrected chi connectivity index (χ4v) is 2.54. The Bertz CT molecular complexity index is 652. The number of hydrogen-bond donors (Lipinski definition) is 0. The van der Waals surface area contributed by atoms with Crippen molar-refractivity contribution in [2.24, 2.45) is 0 Å². The minimum Gasteiger partial charge on any atom is -0.493 e. The molecule has 1 aromatic carbocycles. The average Bonchev–Trinajstić information content (AvgIpc) is 2.46. The summed E-state index contributed by atoms with van der Waals surface area (Å²) in [6.45, 7) is 0.361. The third-order valence-electron chi connectivity index (χ3n) is 2.75. The normalized spacial score (nSPS) is 10.5. The van der Waals surface area contributed by atoms with Gasteiger partial charge in [-0.05, 0) is 34.1 Å². The van der Waals surface area contributed by atoms with Gasteiger partial charge in [-0.1, -0.05) is 11.6 Å². The number of rotatable bonds is 5. The maximum Gasteiger partial charge on any atom is 0.162 e. The molecule has 1 heterocycles. The van der Waals surface area contributed by atoms with Crippen molar-refractivity contribution in [3.8, 4) is 22.9 Å². The number of methoxy groups -OCH3 is 3. The van der Waals surface area contributed by atoms with Crippen molar-refractivity contribution in [1.82, 2.24) is 9.97 Å². The van der Waals surface area contributed by atoms with E-state index >= 15 is 0 Å². The summed E-state index contributed by atoms with van der Waals surface area (Å²) < 4.78 is 16.4. The Hall–Kier alpha value is -1.37. The first-order valence-electron chi connectivity index (χ1n) is 6.03. The molecular formula is C14H14BrClN2O3. The highest BCUT2D eigenvalue weighted by Gasteiger charge is 2.14. The van der Waals surface area contributed by atoms with E-state index in [2.05, 4.69) is 25.9 Å². The third kappa shape index (κ3) is 3.64. The molecule has 7 heteroatoms. The zero-order valence-electron chi connectivity index (χ0n) is 11.8. The molecule has 0 radical (unpaired) electrons. The van der Waals surface area contributed by atoms with E-state index in [4.69, 9.17) is 25.8 Å². The molecule has 0 fully saturated rings. The number of halogens is 2. The van der Waals surface area contributed by atoms with Gasteiger partial charge in [0.25, 0.3) is 0 Å². The average molecular weight is 374 g/mol. The summed E-state index contributed by atoms with van der Waals surface area (Å²) in [6, 6.07) is 5.27. The topological polar surface area (TPSA) is 53.5 Å². The van der Waals surface area contributed by atoms with E-state index in [9.17, 15) is 0 Å². The molecule has 0 saturated carbocycles. The molecule has 0 saturated heterocycles. The van der Waals surface area contributed by atoms with E-state index < -0.39 is 0 Å². The summed E-state index contributed by atoms with van der Waals surface area (Å²) in [6.07, 6.45) is 0. The summed E-state index contributed by atoms with van der Waals surface area (Å²) in [7, 11) is 4.75. The molecule has 0 unspecified atom stereocenters. The number of benzene rings is 1. The molecule has 5 nitrogen and oxygen atoms in total. The van der Waals surface area contributed by atoms with Crippen LogP contribution in [-0.2, 0) is 11.3 Å². The van der Waals surface area contributed by atoms with Crippen LogP contribution in [0, 0.1) is 0 Å². The number of aromatic nitrogens is 2. The van der Waals surface area contributed by atoms with Crippen LogP contribution in [0.25, 0.3) is 11.4 Å². The first kappa shape index (κ1) is 16.0. The van der Waals surface area contributed by atoms with Crippen molar-refractivity contribution in [2.45, 2.75) is 6.61 Å². The van der Waals surface area contributed by atoms with Crippen molar-refractivity contribution >= 4 is 27.5 Å². The van der Waals surface area contributed by atoms with E-state index in [1.165, 1.54) is 0 Å². The summed E-state index contributed by atoms with van der Waals surface area (Å²) in [5, 5.41) is 0.355. The summed E-state index contributed by atoms with van der Waals surface area (Å²) in [5.41, 5.74) is 1.46. The largest absolute Gasteiger partial charge is 0.493 e. The molecule has 0 bridgehead atoms. The predicted octanol–water partition coefficient (Wildman–Crippen LogP) is 3.72. The summed E-state index contributed by atoms with van der Waals surface area (Å²) in [5.74, 6) is 1.70. The van der Waals surface area contributed by atoms with Crippen molar-refractivity contribution < 1.29 is 14.2 Å². The molecule has 2 rings (SSSR count). The zero-order chi connectivity index (χ0) is 15.4. The third-order valence-corrected chi connectivity index (χ3v) is 3.60. The standard InChI is InChI=1S/C14H14BrClN2O3/c1-19-7-8-4-13(16)18-14(17-8)9-5-11(20-2)12(21-3)6-10(9)15/h4-6H,7H2,1-3H3. The van der Waals surface area contributed by atoms with E-state index in [0.717, 1.165) is 10.0 Å². The molecule has 0 N–H and O–H groups in total. The monoisotopic (exact) mass is 372 g/mol. The van der Waals surface area contributed by atoms with Crippen molar-refractivity contribution in [3.05, 3.63) is 33.5 Å². The van der Waals surface area contributed by atoms with Crippen LogP contribution in [0.2, 0.25) is 5.15 Å². The lowest BCUT2D eigenvalue weighted by atomic mass is 10.2. The van der Waals surface area contributed by atoms with Gasteiger partial charge in [0.1, 0.15) is 5.15 Å². The van der Waals surface area contributed by atoms with Gasteiger partial charge < -0.3 is 14.2 Å². The smallest absolute Gasteiger partial charge is 0.162 e. The fourth-order valence-electron chi connectivity index (χ4n) is 1.83. The quantitative estimate of drug-likeness (QED) is 0.748. The molecule has 0 aliphatic carbocycles. The van der Waals surface area contributed by atoms with Crippen LogP contribution in [0.3, 0.4) is 0 Å². The van der Waals surface area contributed by atoms with Crippen molar-refractivity contribution in [1.29, 1.82) is 0 Å². The lowest BCUT2D eigenvalue weighted by molar-refractivity contribution is 0.181. The minimum absolute atomic E-state index is 0.355. The highest BCUT2D eigenvalue weighted by molar-refractivity contribution is 9.10. The molecule has 112 valence electrons. The lowest BCUT2D eigenvalue weighted by Gasteiger charge is -2.12. The Labute approximate surface area is 136 Å². The predicted molar refractivity (Wildman–Crippen MR) is 84.0 cm³/mol. The van der Waals surface area contributed by atoms with Gasteiger partial charge >= 0.3 is 0 Å². The van der Waals surface area contributed by atoms with Gasteiger partial charge in [0.05, 0.1) is 26.5 Å². The lowest BCUT2D eigenvalue weighted by Crippen LogP contribution is -1.99. The maximum atomic E-state index is 6.04. The van der Waals surface area contributed by atoms with Crippen molar-refractivity contribution in [2.75, 3.05) is 21.3 Å². The molecule has 2 aromatic rings. The van der Waals surface area contributed by atoms with Crippen LogP contribution < -0.4 is 9.47 Å². The van der Waals surface area contributed by atoms with Gasteiger partial charge in [-0.2, -0.15) is 0 Å². The Kier molecular flexibility index (Phi) is 5.39. The SMILES string of the molecule is COCc1cc(Cl)nc(-c2cc(OC)c(OC)cc2Br)n1. The second kappa shape index (κ2) is 7.06. The number of hydrogen-bond acceptors (Lipinski definition) is 5. The Morgan fingerprint density at radius 2 is 1.71 bits per heavy atom. The van der Waals surface area contributed by atoms with E-state index in [0.29, 0.717) is 34.8 Å². The van der Waals surface area contributed by atoms with Gasteiger partial charge in [-0.3, -0.25) is 0 Å². The second-order valence-corrected chi connectivity index (χ2v) is 5.37. The van der Waals surface area contributed by atoms with Crippen molar-refractivity contribution in [3.63, 3.8) is 0 Å². The minimum atomic E-state index is 0.355. The van der Waals surface area contributed by atoms with Crippen LogP contribution in [0.1, 0.15) is 5.69 Å². The van der Waals surface area contributed by atoms with E-state index in [-0.39, 0.29) is 0 Å². The van der Waals surface area contributed by atoms with Crippen LogP contribution >= 0.6 is 27.5 Å². The number of nitrogens with zero attached hydrogens (tertiary/aromatic N) is 2. The van der Waals surface area contributed by atoms with Gasteiger partial charge in [-0.25, -0.2) is 9.97 Å². The Morgan fingerprint density at radius 1 is 1.05 bits per heavy atom. The van der Waals surface area contributed by atoms with Crippen LogP contribution in [0.4, 0.5) is 0 Å². The van der Waals surface area contributed by atoms with Gasteiger partial charge in [0.15, 0.2) is 17.3 Å². The maximum absolute atomic E-state index is 6.04. The second-order valence-electron chi connectivity index (χ2n) is 4.13. The van der Waals surface area contributed by atoms with E-state index in [1.54, 1.807) is 39.5 Å². The Morgan fingerprint density at radius 3 is 2.33 bits per heavy atom. The molecule has 21 heavy (non-hydrogen) atoms. The molecule has 0 aliphatic rings. The first-order chi connectivity index (χ1) is 10.1. The fraction of sp³-hybridized carbons (Fsp3) is 0.286. The van der Waals surface area contributed by atoms with Gasteiger partial charge in [-0.15, -0.1) is 0 Å². The molecule has 0 spiro atoms. The van der Waals surface area contributed by atoms with Gasteiger partial charge in [0.2, 0.25) is 0 Å². The summed E-state index contributed by atoms with van der Waals surface area (Å²) in [4.78, 5) is 8.69. The molecular weight excluding hydrogens is 360 g/mol. The molecule has 1 aromatic heterocycles. The summed E-state index contributed by atoms with van der Waals surface area (Å²) >= 11 is 9.53. The first-order valence-corrected chi connectivity index (χ1v) is 7.20. The zero-order valence-corrected chi connectivity index (χ0v) is 14.2. The highest BCUT2D eigenvalue weighted by atomic mass is 79.9. The van der Waals surface area contributed by atoms with Crippen LogP contribution in [0.5, 0.6) is 11.5 Å². The molecule has 0 amide bonds. The number of ether oxygens (including phenoxy) is 3. The molecule has 0 atom stereocenters. The van der Waals surface area contributed by atoms with Crippen LogP contribution in [-0.4, -0.2) is 31.3 Å². The highest BCUT2D eigenvalue weighted by Crippen LogP contribution is 2.37. The Balaban J connectivity index is 2.55.